The van der Waals surface area contributed by atoms with Crippen LogP contribution in [0.2, 0.25) is 0 Å². The molecule has 0 saturated carbocycles. The number of likely N-dealkylation sites (N-methyl/N-ethyl adjacent to an activating group) is 1. The van der Waals surface area contributed by atoms with E-state index in [1.54, 1.807) is 46.0 Å². The first-order chi connectivity index (χ1) is 21.8. The smallest absolute Gasteiger partial charge is 0.416 e. The first-order valence-electron chi connectivity index (χ1n) is 15.3. The van der Waals surface area contributed by atoms with Crippen LogP contribution in [0.5, 0.6) is 5.75 Å². The number of halogens is 4. The first-order valence-corrected chi connectivity index (χ1v) is 15.3. The van der Waals surface area contributed by atoms with E-state index in [9.17, 15) is 32.7 Å². The Bertz CT molecular complexity index is 1660. The van der Waals surface area contributed by atoms with E-state index in [4.69, 9.17) is 4.74 Å². The van der Waals surface area contributed by atoms with E-state index in [0.29, 0.717) is 17.4 Å². The Morgan fingerprint density at radius 3 is 2.15 bits per heavy atom. The monoisotopic (exact) mass is 661 g/mol. The summed E-state index contributed by atoms with van der Waals surface area (Å²) in [7, 11) is 4.95. The standard InChI is InChI=1S/C35H43F4N3O5/c1-19(2)11-29(42-18-23(9-10-41(6)7)27(16-30(42)43)35(37,38)39)34(46)40-28(17-31(44)45)26-15-24(12-22(5)33(26)36)32-20(3)13-25(47-8)14-21(32)4/h12-16,18-19,28-29H,9-11,17H2,1-8H3,(H,40,46)(H,44,45). The van der Waals surface area contributed by atoms with Gasteiger partial charge in [0, 0.05) is 24.4 Å². The fraction of sp³-hybridized carbons (Fsp3) is 0.457. The van der Waals surface area contributed by atoms with Crippen molar-refractivity contribution in [2.24, 2.45) is 5.92 Å². The van der Waals surface area contributed by atoms with Crippen molar-refractivity contribution < 1.29 is 37.0 Å². The molecule has 2 unspecified atom stereocenters. The number of nitrogens with zero attached hydrogens (tertiary/aromatic N) is 2. The van der Waals surface area contributed by atoms with Gasteiger partial charge >= 0.3 is 12.1 Å². The van der Waals surface area contributed by atoms with E-state index in [-0.39, 0.29) is 42.0 Å². The molecule has 1 amide bonds. The molecule has 0 fully saturated rings. The molecule has 256 valence electrons. The maximum absolute atomic E-state index is 15.8. The molecule has 12 heteroatoms. The molecule has 0 bridgehead atoms. The molecule has 0 aliphatic carbocycles. The van der Waals surface area contributed by atoms with Gasteiger partial charge < -0.3 is 24.6 Å². The maximum Gasteiger partial charge on any atom is 0.416 e. The van der Waals surface area contributed by atoms with Crippen LogP contribution in [0.4, 0.5) is 17.6 Å². The van der Waals surface area contributed by atoms with E-state index in [1.165, 1.54) is 13.0 Å². The highest BCUT2D eigenvalue weighted by atomic mass is 19.4. The average Bonchev–Trinajstić information content (AvgIpc) is 2.95. The summed E-state index contributed by atoms with van der Waals surface area (Å²) in [6.45, 7) is 9.09. The van der Waals surface area contributed by atoms with Crippen LogP contribution in [0.25, 0.3) is 11.1 Å². The number of rotatable bonds is 13. The molecule has 0 saturated heterocycles. The number of carbonyl (C=O) groups is 2. The zero-order chi connectivity index (χ0) is 35.4. The number of carbonyl (C=O) groups excluding carboxylic acids is 1. The van der Waals surface area contributed by atoms with Crippen LogP contribution in [0.3, 0.4) is 0 Å². The van der Waals surface area contributed by atoms with Gasteiger partial charge in [0.2, 0.25) is 5.91 Å². The van der Waals surface area contributed by atoms with Gasteiger partial charge in [0.15, 0.2) is 0 Å². The lowest BCUT2D eigenvalue weighted by atomic mass is 9.90. The molecular weight excluding hydrogens is 618 g/mol. The molecular formula is C35H43F4N3O5. The van der Waals surface area contributed by atoms with Crippen molar-refractivity contribution in [1.29, 1.82) is 0 Å². The lowest BCUT2D eigenvalue weighted by molar-refractivity contribution is -0.139. The summed E-state index contributed by atoms with van der Waals surface area (Å²) in [5, 5.41) is 12.4. The van der Waals surface area contributed by atoms with E-state index < -0.39 is 53.5 Å². The number of aromatic nitrogens is 1. The normalized spacial score (nSPS) is 13.1. The molecule has 2 N–H and O–H groups in total. The minimum atomic E-state index is -4.79. The van der Waals surface area contributed by atoms with E-state index >= 15 is 4.39 Å². The summed E-state index contributed by atoms with van der Waals surface area (Å²) in [6.07, 6.45) is -4.40. The fourth-order valence-electron chi connectivity index (χ4n) is 5.81. The van der Waals surface area contributed by atoms with Crippen LogP contribution >= 0.6 is 0 Å². The van der Waals surface area contributed by atoms with Crippen LogP contribution < -0.4 is 15.6 Å². The highest BCUT2D eigenvalue weighted by Gasteiger charge is 2.36. The molecule has 8 nitrogen and oxygen atoms in total. The molecule has 0 radical (unpaired) electrons. The summed E-state index contributed by atoms with van der Waals surface area (Å²) >= 11 is 0. The Labute approximate surface area is 272 Å². The number of pyridine rings is 1. The highest BCUT2D eigenvalue weighted by Crippen LogP contribution is 2.36. The van der Waals surface area contributed by atoms with Crippen LogP contribution in [-0.4, -0.2) is 54.2 Å². The van der Waals surface area contributed by atoms with Gasteiger partial charge in [-0.2, -0.15) is 13.2 Å². The second-order valence-corrected chi connectivity index (χ2v) is 12.6. The molecule has 3 rings (SSSR count). The third kappa shape index (κ3) is 9.21. The summed E-state index contributed by atoms with van der Waals surface area (Å²) in [4.78, 5) is 40.8. The average molecular weight is 662 g/mol. The van der Waals surface area contributed by atoms with Crippen LogP contribution in [0.15, 0.2) is 41.3 Å². The lowest BCUT2D eigenvalue weighted by Crippen LogP contribution is -2.41. The van der Waals surface area contributed by atoms with Gasteiger partial charge in [-0.1, -0.05) is 13.8 Å². The maximum atomic E-state index is 15.8. The van der Waals surface area contributed by atoms with Gasteiger partial charge in [0.05, 0.1) is 25.1 Å². The lowest BCUT2D eigenvalue weighted by Gasteiger charge is -2.27. The Kier molecular flexibility index (Phi) is 12.0. The summed E-state index contributed by atoms with van der Waals surface area (Å²) in [6, 6.07) is 4.62. The second-order valence-electron chi connectivity index (χ2n) is 12.6. The van der Waals surface area contributed by atoms with Crippen LogP contribution in [-0.2, 0) is 22.2 Å². The number of aliphatic carboxylic acids is 1. The van der Waals surface area contributed by atoms with Gasteiger partial charge in [-0.3, -0.25) is 14.4 Å². The van der Waals surface area contributed by atoms with Gasteiger partial charge in [0.1, 0.15) is 17.6 Å². The predicted molar refractivity (Wildman–Crippen MR) is 172 cm³/mol. The predicted octanol–water partition coefficient (Wildman–Crippen LogP) is 6.63. The number of benzene rings is 2. The van der Waals surface area contributed by atoms with Crippen molar-refractivity contribution in [3.05, 3.63) is 86.1 Å². The molecule has 2 aromatic carbocycles. The topological polar surface area (TPSA) is 101 Å². The molecule has 47 heavy (non-hydrogen) atoms. The molecule has 0 aliphatic rings. The Hall–Kier alpha value is -4.19. The quantitative estimate of drug-likeness (QED) is 0.200. The number of carboxylic acid groups (broad SMARTS) is 1. The van der Waals surface area contributed by atoms with Crippen LogP contribution in [0.1, 0.15) is 72.2 Å². The largest absolute Gasteiger partial charge is 0.497 e. The van der Waals surface area contributed by atoms with Crippen molar-refractivity contribution in [2.45, 2.75) is 72.1 Å². The Morgan fingerprint density at radius 2 is 1.64 bits per heavy atom. The number of amides is 1. The van der Waals surface area contributed by atoms with Gasteiger partial charge in [-0.25, -0.2) is 4.39 Å². The summed E-state index contributed by atoms with van der Waals surface area (Å²) in [5.74, 6) is -2.38. The van der Waals surface area contributed by atoms with E-state index in [1.807, 2.05) is 26.0 Å². The van der Waals surface area contributed by atoms with Crippen LogP contribution in [0, 0.1) is 32.5 Å². The third-order valence-corrected chi connectivity index (χ3v) is 8.01. The number of carboxylic acids is 1. The van der Waals surface area contributed by atoms with Crippen molar-refractivity contribution in [1.82, 2.24) is 14.8 Å². The van der Waals surface area contributed by atoms with E-state index in [2.05, 4.69) is 5.32 Å². The molecule has 1 aromatic heterocycles. The van der Waals surface area contributed by atoms with Gasteiger partial charge in [-0.15, -0.1) is 0 Å². The number of hydrogen-bond donors (Lipinski definition) is 2. The number of alkyl halides is 3. The van der Waals surface area contributed by atoms with Crippen molar-refractivity contribution in [3.63, 3.8) is 0 Å². The third-order valence-electron chi connectivity index (χ3n) is 8.01. The SMILES string of the molecule is COc1cc(C)c(-c2cc(C)c(F)c(C(CC(=O)O)NC(=O)C(CC(C)C)n3cc(CCN(C)C)c(C(F)(F)F)cc3=O)c2)c(C)c1. The second kappa shape index (κ2) is 15.1. The minimum Gasteiger partial charge on any atom is -0.497 e. The molecule has 2 atom stereocenters. The summed E-state index contributed by atoms with van der Waals surface area (Å²) in [5.41, 5.74) is 0.943. The molecule has 3 aromatic rings. The van der Waals surface area contributed by atoms with Crippen molar-refractivity contribution >= 4 is 11.9 Å². The van der Waals surface area contributed by atoms with Gasteiger partial charge in [0.25, 0.3) is 5.56 Å². The van der Waals surface area contributed by atoms with Crippen molar-refractivity contribution in [3.8, 4) is 16.9 Å². The molecule has 0 aliphatic heterocycles. The van der Waals surface area contributed by atoms with Gasteiger partial charge in [-0.05, 0) is 111 Å². The minimum absolute atomic E-state index is 0.0404. The number of hydrogen-bond acceptors (Lipinski definition) is 5. The fourth-order valence-corrected chi connectivity index (χ4v) is 5.81. The van der Waals surface area contributed by atoms with Crippen molar-refractivity contribution in [2.75, 3.05) is 27.7 Å². The molecule has 0 spiro atoms. The number of nitrogens with one attached hydrogen (secondary N) is 1. The highest BCUT2D eigenvalue weighted by molar-refractivity contribution is 5.82. The first kappa shape index (κ1) is 37.3. The summed E-state index contributed by atoms with van der Waals surface area (Å²) < 4.78 is 63.8. The Morgan fingerprint density at radius 1 is 1.02 bits per heavy atom. The molecule has 1 heterocycles. The Balaban J connectivity index is 2.15. The number of aryl methyl sites for hydroxylation is 3. The zero-order valence-corrected chi connectivity index (χ0v) is 28.0. The zero-order valence-electron chi connectivity index (χ0n) is 28.0. The number of methoxy groups -OCH3 is 1. The van der Waals surface area contributed by atoms with E-state index in [0.717, 1.165) is 27.5 Å². The number of ether oxygens (including phenoxy) is 1.